The number of ether oxygens (including phenoxy) is 1. The molecule has 0 radical (unpaired) electrons. The molecule has 1 rings (SSSR count). The fourth-order valence-electron chi connectivity index (χ4n) is 1.08. The lowest BCUT2D eigenvalue weighted by atomic mass is 10.4. The van der Waals surface area contributed by atoms with Crippen molar-refractivity contribution < 1.29 is 9.53 Å². The second kappa shape index (κ2) is 3.86. The van der Waals surface area contributed by atoms with Crippen molar-refractivity contribution in [1.29, 1.82) is 0 Å². The molecule has 0 amide bonds. The van der Waals surface area contributed by atoms with Gasteiger partial charge in [-0.1, -0.05) is 0 Å². The Morgan fingerprint density at radius 2 is 2.10 bits per heavy atom. The summed E-state index contributed by atoms with van der Waals surface area (Å²) in [6.45, 7) is 0. The second-order valence-corrected chi connectivity index (χ2v) is 4.78. The molecule has 10 heavy (non-hydrogen) atoms. The Hall–Kier alpha value is -0.180. The average Bonchev–Trinajstić information content (AvgIpc) is 2.40. The van der Waals surface area contributed by atoms with Crippen molar-refractivity contribution >= 4 is 16.9 Å². The van der Waals surface area contributed by atoms with Gasteiger partial charge in [-0.05, 0) is 23.7 Å². The summed E-state index contributed by atoms with van der Waals surface area (Å²) in [6.07, 6.45) is 2.61. The minimum Gasteiger partial charge on any atom is -0.466 e. The summed E-state index contributed by atoms with van der Waals surface area (Å²) in [5, 5.41) is 0. The van der Waals surface area contributed by atoms with E-state index in [1.165, 1.54) is 31.5 Å². The number of methoxy groups -OCH3 is 1. The van der Waals surface area contributed by atoms with Crippen LogP contribution in [-0.4, -0.2) is 30.3 Å². The van der Waals surface area contributed by atoms with Crippen LogP contribution in [0.5, 0.6) is 0 Å². The molecule has 0 aromatic carbocycles. The molecule has 0 bridgehead atoms. The molecule has 1 aliphatic rings. The van der Waals surface area contributed by atoms with E-state index in [-0.39, 0.29) is 5.97 Å². The molecule has 1 saturated heterocycles. The smallest absolute Gasteiger partial charge is 0.355 e. The number of carbonyl (C=O) groups excluding carboxylic acids is 1. The highest BCUT2D eigenvalue weighted by Crippen LogP contribution is 2.13. The van der Waals surface area contributed by atoms with Gasteiger partial charge in [0.1, 0.15) is 11.5 Å². The van der Waals surface area contributed by atoms with E-state index in [4.69, 9.17) is 0 Å². The normalized spacial score (nSPS) is 19.3. The zero-order chi connectivity index (χ0) is 7.40. The van der Waals surface area contributed by atoms with Crippen LogP contribution in [0.4, 0.5) is 0 Å². The van der Waals surface area contributed by atoms with Gasteiger partial charge in [0, 0.05) is 0 Å². The van der Waals surface area contributed by atoms with E-state index in [1.54, 1.807) is 0 Å². The first-order chi connectivity index (χ1) is 4.83. The fourth-order valence-corrected chi connectivity index (χ4v) is 3.25. The molecule has 0 spiro atoms. The minimum atomic E-state index is -0.0368. The van der Waals surface area contributed by atoms with E-state index >= 15 is 0 Å². The SMILES string of the molecule is COC(=O)C[S+]1CCCC1. The van der Waals surface area contributed by atoms with Crippen LogP contribution in [-0.2, 0) is 20.4 Å². The predicted octanol–water partition coefficient (Wildman–Crippen LogP) is 0.571. The summed E-state index contributed by atoms with van der Waals surface area (Å²) >= 11 is 0. The van der Waals surface area contributed by atoms with Crippen molar-refractivity contribution in [1.82, 2.24) is 0 Å². The number of hydrogen-bond donors (Lipinski definition) is 0. The lowest BCUT2D eigenvalue weighted by Crippen LogP contribution is -2.18. The first kappa shape index (κ1) is 7.92. The van der Waals surface area contributed by atoms with Gasteiger partial charge in [0.05, 0.1) is 7.11 Å². The Kier molecular flexibility index (Phi) is 3.06. The topological polar surface area (TPSA) is 26.3 Å². The molecular formula is C7H13O2S+. The van der Waals surface area contributed by atoms with E-state index in [0.29, 0.717) is 16.6 Å². The predicted molar refractivity (Wildman–Crippen MR) is 43.2 cm³/mol. The highest BCUT2D eigenvalue weighted by atomic mass is 32.2. The number of esters is 1. The number of hydrogen-bond acceptors (Lipinski definition) is 2. The maximum Gasteiger partial charge on any atom is 0.355 e. The van der Waals surface area contributed by atoms with Crippen molar-refractivity contribution in [3.63, 3.8) is 0 Å². The van der Waals surface area contributed by atoms with Crippen LogP contribution in [0.1, 0.15) is 12.8 Å². The van der Waals surface area contributed by atoms with Gasteiger partial charge in [0.15, 0.2) is 0 Å². The molecule has 0 atom stereocenters. The maximum atomic E-state index is 10.8. The third-order valence-electron chi connectivity index (χ3n) is 1.67. The highest BCUT2D eigenvalue weighted by Gasteiger charge is 2.26. The summed E-state index contributed by atoms with van der Waals surface area (Å²) in [5.74, 6) is 3.12. The van der Waals surface area contributed by atoms with Crippen LogP contribution in [0.3, 0.4) is 0 Å². The summed E-state index contributed by atoms with van der Waals surface area (Å²) in [6, 6.07) is 0. The third kappa shape index (κ3) is 2.21. The van der Waals surface area contributed by atoms with Crippen molar-refractivity contribution in [2.24, 2.45) is 0 Å². The van der Waals surface area contributed by atoms with Gasteiger partial charge in [0.2, 0.25) is 5.75 Å². The zero-order valence-electron chi connectivity index (χ0n) is 6.26. The largest absolute Gasteiger partial charge is 0.466 e. The fraction of sp³-hybridized carbons (Fsp3) is 0.857. The third-order valence-corrected chi connectivity index (χ3v) is 4.04. The summed E-state index contributed by atoms with van der Waals surface area (Å²) in [5.41, 5.74) is 0. The monoisotopic (exact) mass is 161 g/mol. The van der Waals surface area contributed by atoms with Crippen LogP contribution in [0.25, 0.3) is 0 Å². The Labute approximate surface area is 64.3 Å². The molecule has 2 nitrogen and oxygen atoms in total. The molecule has 0 unspecified atom stereocenters. The lowest BCUT2D eigenvalue weighted by molar-refractivity contribution is -0.137. The van der Waals surface area contributed by atoms with E-state index in [0.717, 1.165) is 0 Å². The van der Waals surface area contributed by atoms with E-state index in [2.05, 4.69) is 4.74 Å². The molecule has 1 heterocycles. The van der Waals surface area contributed by atoms with Gasteiger partial charge in [0.25, 0.3) is 0 Å². The zero-order valence-corrected chi connectivity index (χ0v) is 7.08. The highest BCUT2D eigenvalue weighted by molar-refractivity contribution is 7.97. The van der Waals surface area contributed by atoms with Crippen LogP contribution in [0, 0.1) is 0 Å². The molecule has 0 saturated carbocycles. The van der Waals surface area contributed by atoms with Gasteiger partial charge in [-0.15, -0.1) is 0 Å². The number of carbonyl (C=O) groups is 1. The van der Waals surface area contributed by atoms with Gasteiger partial charge < -0.3 is 4.74 Å². The quantitative estimate of drug-likeness (QED) is 0.437. The van der Waals surface area contributed by atoms with Gasteiger partial charge in [-0.3, -0.25) is 0 Å². The van der Waals surface area contributed by atoms with Crippen LogP contribution < -0.4 is 0 Å². The van der Waals surface area contributed by atoms with Crippen molar-refractivity contribution in [3.8, 4) is 0 Å². The summed E-state index contributed by atoms with van der Waals surface area (Å²) in [4.78, 5) is 10.8. The lowest BCUT2D eigenvalue weighted by Gasteiger charge is -1.97. The number of rotatable bonds is 2. The van der Waals surface area contributed by atoms with Crippen LogP contribution >= 0.6 is 0 Å². The Bertz CT molecular complexity index is 119. The molecule has 0 N–H and O–H groups in total. The molecule has 1 fully saturated rings. The minimum absolute atomic E-state index is 0.0368. The summed E-state index contributed by atoms with van der Waals surface area (Å²) in [7, 11) is 1.83. The molecule has 3 heteroatoms. The first-order valence-corrected chi connectivity index (χ1v) is 5.27. The molecule has 0 aromatic heterocycles. The van der Waals surface area contributed by atoms with E-state index < -0.39 is 0 Å². The second-order valence-electron chi connectivity index (χ2n) is 2.45. The molecular weight excluding hydrogens is 148 g/mol. The van der Waals surface area contributed by atoms with Gasteiger partial charge >= 0.3 is 5.97 Å². The molecule has 0 aromatic rings. The van der Waals surface area contributed by atoms with Gasteiger partial charge in [-0.25, -0.2) is 4.79 Å². The Balaban J connectivity index is 2.17. The maximum absolute atomic E-state index is 10.8. The first-order valence-electron chi connectivity index (χ1n) is 3.54. The van der Waals surface area contributed by atoms with Gasteiger partial charge in [-0.2, -0.15) is 0 Å². The van der Waals surface area contributed by atoms with E-state index in [1.807, 2.05) is 0 Å². The van der Waals surface area contributed by atoms with E-state index in [9.17, 15) is 4.79 Å². The van der Waals surface area contributed by atoms with Crippen molar-refractivity contribution in [2.75, 3.05) is 24.4 Å². The Morgan fingerprint density at radius 1 is 1.50 bits per heavy atom. The summed E-state index contributed by atoms with van der Waals surface area (Å²) < 4.78 is 4.58. The standard InChI is InChI=1S/C7H13O2S/c1-9-7(8)6-10-4-2-3-5-10/h2-6H2,1H3/q+1. The van der Waals surface area contributed by atoms with Crippen molar-refractivity contribution in [3.05, 3.63) is 0 Å². The molecule has 58 valence electrons. The average molecular weight is 161 g/mol. The van der Waals surface area contributed by atoms with Crippen LogP contribution in [0.15, 0.2) is 0 Å². The van der Waals surface area contributed by atoms with Crippen LogP contribution in [0.2, 0.25) is 0 Å². The Morgan fingerprint density at radius 3 is 2.60 bits per heavy atom. The molecule has 1 aliphatic heterocycles. The van der Waals surface area contributed by atoms with Crippen molar-refractivity contribution in [2.45, 2.75) is 12.8 Å². The molecule has 0 aliphatic carbocycles.